The van der Waals surface area contributed by atoms with Gasteiger partial charge in [-0.1, -0.05) is 38.5 Å². The second kappa shape index (κ2) is 4.84. The van der Waals surface area contributed by atoms with Crippen molar-refractivity contribution in [3.8, 4) is 0 Å². The smallest absolute Gasteiger partial charge is 0.0800 e. The molecule has 2 nitrogen and oxygen atoms in total. The van der Waals surface area contributed by atoms with Gasteiger partial charge in [-0.3, -0.25) is 0 Å². The van der Waals surface area contributed by atoms with Crippen molar-refractivity contribution < 1.29 is 5.11 Å². The molecule has 0 aromatic rings. The molecule has 0 amide bonds. The normalized spacial score (nSPS) is 30.0. The van der Waals surface area contributed by atoms with E-state index in [1.807, 2.05) is 0 Å². The van der Waals surface area contributed by atoms with Gasteiger partial charge in [0.25, 0.3) is 0 Å². The molecule has 2 fully saturated rings. The van der Waals surface area contributed by atoms with Gasteiger partial charge in [0.05, 0.1) is 5.60 Å². The molecule has 88 valence electrons. The Morgan fingerprint density at radius 2 is 1.47 bits per heavy atom. The molecule has 2 heteroatoms. The first-order valence-corrected chi connectivity index (χ1v) is 6.70. The van der Waals surface area contributed by atoms with Crippen LogP contribution >= 0.6 is 0 Å². The van der Waals surface area contributed by atoms with Gasteiger partial charge >= 0.3 is 0 Å². The minimum Gasteiger partial charge on any atom is -0.388 e. The van der Waals surface area contributed by atoms with E-state index in [9.17, 15) is 5.11 Å². The lowest BCUT2D eigenvalue weighted by atomic mass is 9.70. The molecule has 0 aromatic carbocycles. The molecule has 1 unspecified atom stereocenters. The fourth-order valence-electron chi connectivity index (χ4n) is 3.09. The number of rotatable bonds is 2. The van der Waals surface area contributed by atoms with E-state index in [4.69, 9.17) is 5.73 Å². The molecular weight excluding hydrogens is 186 g/mol. The highest BCUT2D eigenvalue weighted by atomic mass is 16.3. The van der Waals surface area contributed by atoms with E-state index >= 15 is 0 Å². The third-order valence-corrected chi connectivity index (χ3v) is 4.50. The summed E-state index contributed by atoms with van der Waals surface area (Å²) in [5, 5.41) is 10.7. The van der Waals surface area contributed by atoms with Gasteiger partial charge in [0.2, 0.25) is 0 Å². The SMILES string of the molecule is NC(C1CCC1)C1(O)CCCCCCC1. The van der Waals surface area contributed by atoms with Crippen molar-refractivity contribution in [1.82, 2.24) is 0 Å². The zero-order valence-electron chi connectivity index (χ0n) is 9.75. The van der Waals surface area contributed by atoms with E-state index in [0.717, 1.165) is 25.7 Å². The Morgan fingerprint density at radius 1 is 0.933 bits per heavy atom. The Balaban J connectivity index is 1.94. The van der Waals surface area contributed by atoms with Crippen LogP contribution in [0.15, 0.2) is 0 Å². The molecule has 0 aliphatic heterocycles. The first-order valence-electron chi connectivity index (χ1n) is 6.70. The van der Waals surface area contributed by atoms with E-state index in [1.165, 1.54) is 38.5 Å². The van der Waals surface area contributed by atoms with Crippen LogP contribution in [-0.2, 0) is 0 Å². The van der Waals surface area contributed by atoms with Crippen molar-refractivity contribution in [2.24, 2.45) is 11.7 Å². The van der Waals surface area contributed by atoms with Crippen molar-refractivity contribution in [2.75, 3.05) is 0 Å². The molecule has 2 rings (SSSR count). The Hall–Kier alpha value is -0.0800. The molecule has 0 saturated heterocycles. The van der Waals surface area contributed by atoms with Crippen LogP contribution in [-0.4, -0.2) is 16.7 Å². The molecular formula is C13H25NO. The molecule has 2 aliphatic carbocycles. The molecule has 1 atom stereocenters. The van der Waals surface area contributed by atoms with Gasteiger partial charge in [0, 0.05) is 6.04 Å². The second-order valence-corrected chi connectivity index (χ2v) is 5.59. The van der Waals surface area contributed by atoms with Gasteiger partial charge < -0.3 is 10.8 Å². The fourth-order valence-corrected chi connectivity index (χ4v) is 3.09. The highest BCUT2D eigenvalue weighted by Crippen LogP contribution is 2.38. The molecule has 0 spiro atoms. The van der Waals surface area contributed by atoms with E-state index in [2.05, 4.69) is 0 Å². The maximum Gasteiger partial charge on any atom is 0.0800 e. The van der Waals surface area contributed by atoms with Crippen LogP contribution in [0, 0.1) is 5.92 Å². The van der Waals surface area contributed by atoms with Gasteiger partial charge in [-0.15, -0.1) is 0 Å². The number of aliphatic hydroxyl groups is 1. The van der Waals surface area contributed by atoms with Crippen molar-refractivity contribution >= 4 is 0 Å². The standard InChI is InChI=1S/C13H25NO/c14-12(11-7-6-8-11)13(15)9-4-2-1-3-5-10-13/h11-12,15H,1-10,14H2. The van der Waals surface area contributed by atoms with E-state index < -0.39 is 5.60 Å². The highest BCUT2D eigenvalue weighted by molar-refractivity contribution is 4.96. The molecule has 0 radical (unpaired) electrons. The summed E-state index contributed by atoms with van der Waals surface area (Å²) in [6.45, 7) is 0. The van der Waals surface area contributed by atoms with Crippen LogP contribution in [0.5, 0.6) is 0 Å². The molecule has 3 N–H and O–H groups in total. The summed E-state index contributed by atoms with van der Waals surface area (Å²) in [6, 6.07) is 0.0457. The van der Waals surface area contributed by atoms with E-state index in [1.54, 1.807) is 0 Å². The summed E-state index contributed by atoms with van der Waals surface area (Å²) in [4.78, 5) is 0. The zero-order chi connectivity index (χ0) is 10.7. The first kappa shape index (κ1) is 11.4. The van der Waals surface area contributed by atoms with Crippen LogP contribution in [0.2, 0.25) is 0 Å². The Kier molecular flexibility index (Phi) is 3.68. The molecule has 15 heavy (non-hydrogen) atoms. The third-order valence-electron chi connectivity index (χ3n) is 4.50. The summed E-state index contributed by atoms with van der Waals surface area (Å²) >= 11 is 0. The van der Waals surface area contributed by atoms with E-state index in [-0.39, 0.29) is 6.04 Å². The lowest BCUT2D eigenvalue weighted by molar-refractivity contribution is -0.0384. The molecule has 0 heterocycles. The lowest BCUT2D eigenvalue weighted by Crippen LogP contribution is -2.54. The van der Waals surface area contributed by atoms with Crippen molar-refractivity contribution in [3.63, 3.8) is 0 Å². The molecule has 0 bridgehead atoms. The van der Waals surface area contributed by atoms with Gasteiger partial charge in [0.15, 0.2) is 0 Å². The van der Waals surface area contributed by atoms with E-state index in [0.29, 0.717) is 5.92 Å². The van der Waals surface area contributed by atoms with Crippen molar-refractivity contribution in [1.29, 1.82) is 0 Å². The predicted octanol–water partition coefficient (Wildman–Crippen LogP) is 2.59. The van der Waals surface area contributed by atoms with Gasteiger partial charge in [-0.2, -0.15) is 0 Å². The largest absolute Gasteiger partial charge is 0.388 e. The summed E-state index contributed by atoms with van der Waals surface area (Å²) in [6.07, 6.45) is 11.9. The quantitative estimate of drug-likeness (QED) is 0.737. The minimum atomic E-state index is -0.536. The second-order valence-electron chi connectivity index (χ2n) is 5.59. The monoisotopic (exact) mass is 211 g/mol. The molecule has 2 saturated carbocycles. The van der Waals surface area contributed by atoms with Crippen LogP contribution in [0.3, 0.4) is 0 Å². The zero-order valence-corrected chi connectivity index (χ0v) is 9.75. The third kappa shape index (κ3) is 2.54. The fraction of sp³-hybridized carbons (Fsp3) is 1.00. The van der Waals surface area contributed by atoms with Crippen molar-refractivity contribution in [2.45, 2.75) is 75.9 Å². The average Bonchev–Trinajstić information content (AvgIpc) is 2.09. The van der Waals surface area contributed by atoms with Gasteiger partial charge in [-0.05, 0) is 31.6 Å². The van der Waals surface area contributed by atoms with Gasteiger partial charge in [0.1, 0.15) is 0 Å². The topological polar surface area (TPSA) is 46.2 Å². The Labute approximate surface area is 93.2 Å². The lowest BCUT2D eigenvalue weighted by Gasteiger charge is -2.43. The highest BCUT2D eigenvalue weighted by Gasteiger charge is 2.40. The summed E-state index contributed by atoms with van der Waals surface area (Å²) in [5.41, 5.74) is 5.72. The predicted molar refractivity (Wildman–Crippen MR) is 62.6 cm³/mol. The van der Waals surface area contributed by atoms with Crippen LogP contribution in [0.1, 0.15) is 64.2 Å². The maximum atomic E-state index is 10.7. The number of nitrogens with two attached hydrogens (primary N) is 1. The maximum absolute atomic E-state index is 10.7. The van der Waals surface area contributed by atoms with Crippen LogP contribution < -0.4 is 5.73 Å². The minimum absolute atomic E-state index is 0.0457. The van der Waals surface area contributed by atoms with Crippen LogP contribution in [0.4, 0.5) is 0 Å². The first-order chi connectivity index (χ1) is 7.22. The molecule has 2 aliphatic rings. The average molecular weight is 211 g/mol. The molecule has 0 aromatic heterocycles. The number of hydrogen-bond donors (Lipinski definition) is 2. The Morgan fingerprint density at radius 3 is 1.93 bits per heavy atom. The summed E-state index contributed by atoms with van der Waals surface area (Å²) in [5.74, 6) is 0.606. The number of hydrogen-bond acceptors (Lipinski definition) is 2. The van der Waals surface area contributed by atoms with Crippen LogP contribution in [0.25, 0.3) is 0 Å². The van der Waals surface area contributed by atoms with Crippen molar-refractivity contribution in [3.05, 3.63) is 0 Å². The summed E-state index contributed by atoms with van der Waals surface area (Å²) < 4.78 is 0. The van der Waals surface area contributed by atoms with Gasteiger partial charge in [-0.25, -0.2) is 0 Å². The Bertz CT molecular complexity index is 193. The summed E-state index contributed by atoms with van der Waals surface area (Å²) in [7, 11) is 0.